The molecule has 1 N–H and O–H groups in total. The van der Waals surface area contributed by atoms with Crippen molar-refractivity contribution in [1.29, 1.82) is 5.41 Å². The Labute approximate surface area is 391 Å². The van der Waals surface area contributed by atoms with Crippen LogP contribution in [-0.2, 0) is 22.6 Å². The second-order valence-electron chi connectivity index (χ2n) is 14.4. The maximum atomic E-state index is 13.1. The summed E-state index contributed by atoms with van der Waals surface area (Å²) in [4.78, 5) is 54.6. The molecular weight excluding hydrogens is 928 g/mol. The van der Waals surface area contributed by atoms with Gasteiger partial charge in [-0.3, -0.25) is 15.0 Å². The van der Waals surface area contributed by atoms with Crippen molar-refractivity contribution in [2.75, 3.05) is 13.2 Å². The van der Waals surface area contributed by atoms with Gasteiger partial charge in [-0.15, -0.1) is 0 Å². The van der Waals surface area contributed by atoms with E-state index in [1.165, 1.54) is 0 Å². The molecule has 0 aliphatic heterocycles. The molecule has 0 saturated carbocycles. The Balaban J connectivity index is 0.000000179. The minimum Gasteiger partial charge on any atom is -0.462 e. The molecular formula is C54H49IN4O6. The number of halogens is 1. The fourth-order valence-electron chi connectivity index (χ4n) is 7.05. The standard InChI is InChI=1S/C27H24N2O3.C14H14INO3.C13H11N/c1-3-29-18-23(27(31)32-4-2)26(30)22-17-21(15-16-24(22)29)28-25(19-11-7-5-8-12-19)20-13-9-6-10-14-20;1-3-16-8-11(14(18)19-4-2)13(17)10-7-9(15)5-6-12(10)16;14-13(11-7-3-1-4-8-11)12-9-5-2-6-10-12/h5-18H,3-4H2,1-2H3;5-8H,3-4H2,1-2H3;1-10,14H. The van der Waals surface area contributed by atoms with Crippen LogP contribution in [0, 0.1) is 8.98 Å². The summed E-state index contributed by atoms with van der Waals surface area (Å²) in [5.74, 6) is -1.17. The molecule has 0 unspecified atom stereocenters. The SMILES string of the molecule is CCOC(=O)c1cn(CC)c2ccc(I)cc2c1=O.CCOC(=O)c1cn(CC)c2ccc(N=C(c3ccccc3)c3ccccc3)cc2c1=O.N=C(c1ccccc1)c1ccccc1. The van der Waals surface area contributed by atoms with Crippen molar-refractivity contribution >= 4 is 73.4 Å². The van der Waals surface area contributed by atoms with Gasteiger partial charge in [-0.2, -0.15) is 0 Å². The fraction of sp³-hybridized carbons (Fsp3) is 0.148. The number of nitrogens with one attached hydrogen (secondary N) is 1. The molecule has 0 spiro atoms. The van der Waals surface area contributed by atoms with Gasteiger partial charge in [-0.25, -0.2) is 14.6 Å². The molecule has 0 atom stereocenters. The van der Waals surface area contributed by atoms with E-state index in [-0.39, 0.29) is 35.2 Å². The molecule has 11 heteroatoms. The summed E-state index contributed by atoms with van der Waals surface area (Å²) in [6, 6.07) is 50.6. The fourth-order valence-corrected chi connectivity index (χ4v) is 7.54. The summed E-state index contributed by atoms with van der Waals surface area (Å²) in [6.07, 6.45) is 3.15. The van der Waals surface area contributed by atoms with Crippen molar-refractivity contribution in [3.8, 4) is 0 Å². The minimum absolute atomic E-state index is 0.0358. The highest BCUT2D eigenvalue weighted by molar-refractivity contribution is 14.1. The zero-order chi connectivity index (χ0) is 46.3. The van der Waals surface area contributed by atoms with E-state index in [0.29, 0.717) is 35.3 Å². The number of fused-ring (bicyclic) bond motifs is 2. The average molecular weight is 977 g/mol. The zero-order valence-corrected chi connectivity index (χ0v) is 38.8. The Bertz CT molecular complexity index is 2990. The summed E-state index contributed by atoms with van der Waals surface area (Å²) in [5, 5.41) is 8.97. The normalized spacial score (nSPS) is 10.5. The first-order valence-electron chi connectivity index (χ1n) is 21.3. The van der Waals surface area contributed by atoms with Crippen molar-refractivity contribution in [3.63, 3.8) is 0 Å². The lowest BCUT2D eigenvalue weighted by atomic mass is 10.0. The van der Waals surface area contributed by atoms with Crippen LogP contribution in [-0.4, -0.2) is 45.7 Å². The molecule has 0 amide bonds. The van der Waals surface area contributed by atoms with E-state index >= 15 is 0 Å². The summed E-state index contributed by atoms with van der Waals surface area (Å²) in [6.45, 7) is 9.15. The van der Waals surface area contributed by atoms with Crippen LogP contribution in [0.3, 0.4) is 0 Å². The molecule has 0 radical (unpaired) electrons. The van der Waals surface area contributed by atoms with Gasteiger partial charge in [-0.05, 0) is 97.8 Å². The minimum atomic E-state index is -0.607. The first-order chi connectivity index (χ1) is 31.6. The third kappa shape index (κ3) is 11.7. The summed E-state index contributed by atoms with van der Waals surface area (Å²) in [7, 11) is 0. The number of carbonyl (C=O) groups is 2. The maximum Gasteiger partial charge on any atom is 0.343 e. The van der Waals surface area contributed by atoms with E-state index in [1.54, 1.807) is 38.4 Å². The quantitative estimate of drug-likeness (QED) is 0.0780. The monoisotopic (exact) mass is 976 g/mol. The number of nitrogens with zero attached hydrogens (tertiary/aromatic N) is 3. The predicted octanol–water partition coefficient (Wildman–Crippen LogP) is 11.3. The second-order valence-corrected chi connectivity index (χ2v) is 15.7. The van der Waals surface area contributed by atoms with Crippen LogP contribution in [0.15, 0.2) is 185 Å². The van der Waals surface area contributed by atoms with E-state index < -0.39 is 11.9 Å². The van der Waals surface area contributed by atoms with Gasteiger partial charge in [0.25, 0.3) is 0 Å². The Morgan fingerprint density at radius 2 is 0.923 bits per heavy atom. The van der Waals surface area contributed by atoms with Gasteiger partial charge in [0.1, 0.15) is 11.1 Å². The number of ether oxygens (including phenoxy) is 2. The number of benzene rings is 6. The molecule has 0 aliphatic rings. The molecule has 2 heterocycles. The molecule has 8 aromatic rings. The average Bonchev–Trinajstić information content (AvgIpc) is 3.35. The Morgan fingerprint density at radius 3 is 1.32 bits per heavy atom. The van der Waals surface area contributed by atoms with Gasteiger partial charge >= 0.3 is 11.9 Å². The number of pyridine rings is 2. The maximum absolute atomic E-state index is 13.1. The zero-order valence-electron chi connectivity index (χ0n) is 36.7. The van der Waals surface area contributed by atoms with Crippen LogP contribution in [0.1, 0.15) is 70.7 Å². The second kappa shape index (κ2) is 22.9. The number of aryl methyl sites for hydroxylation is 2. The molecule has 0 saturated heterocycles. The molecule has 8 rings (SSSR count). The predicted molar refractivity (Wildman–Crippen MR) is 269 cm³/mol. The topological polar surface area (TPSA) is 133 Å². The molecule has 0 fully saturated rings. The lowest BCUT2D eigenvalue weighted by molar-refractivity contribution is 0.0514. The number of rotatable bonds is 11. The number of aromatic nitrogens is 2. The van der Waals surface area contributed by atoms with E-state index in [9.17, 15) is 19.2 Å². The van der Waals surface area contributed by atoms with Gasteiger partial charge in [0.05, 0.1) is 41.4 Å². The number of aliphatic imine (C=N–C) groups is 1. The van der Waals surface area contributed by atoms with Crippen molar-refractivity contribution < 1.29 is 19.1 Å². The van der Waals surface area contributed by atoms with E-state index in [4.69, 9.17) is 19.9 Å². The van der Waals surface area contributed by atoms with Crippen LogP contribution in [0.5, 0.6) is 0 Å². The van der Waals surface area contributed by atoms with Crippen LogP contribution in [0.25, 0.3) is 21.8 Å². The molecule has 328 valence electrons. The Kier molecular flexibility index (Phi) is 16.6. The van der Waals surface area contributed by atoms with Crippen LogP contribution in [0.4, 0.5) is 5.69 Å². The van der Waals surface area contributed by atoms with Crippen LogP contribution >= 0.6 is 22.6 Å². The van der Waals surface area contributed by atoms with Crippen molar-refractivity contribution in [3.05, 3.63) is 228 Å². The number of hydrogen-bond donors (Lipinski definition) is 1. The van der Waals surface area contributed by atoms with Crippen molar-refractivity contribution in [2.24, 2.45) is 4.99 Å². The number of carbonyl (C=O) groups excluding carboxylic acids is 2. The molecule has 65 heavy (non-hydrogen) atoms. The van der Waals surface area contributed by atoms with Crippen LogP contribution < -0.4 is 10.9 Å². The number of hydrogen-bond acceptors (Lipinski definition) is 8. The van der Waals surface area contributed by atoms with E-state index in [1.807, 2.05) is 169 Å². The molecule has 0 aliphatic carbocycles. The van der Waals surface area contributed by atoms with E-state index in [2.05, 4.69) is 22.6 Å². The highest BCUT2D eigenvalue weighted by Crippen LogP contribution is 2.24. The number of esters is 2. The van der Waals surface area contributed by atoms with Gasteiger partial charge in [-0.1, -0.05) is 121 Å². The van der Waals surface area contributed by atoms with Gasteiger partial charge < -0.3 is 18.6 Å². The molecule has 0 bridgehead atoms. The van der Waals surface area contributed by atoms with Gasteiger partial charge in [0, 0.05) is 51.0 Å². The third-order valence-electron chi connectivity index (χ3n) is 10.2. The molecule has 6 aromatic carbocycles. The largest absolute Gasteiger partial charge is 0.462 e. The third-order valence-corrected chi connectivity index (χ3v) is 10.9. The Morgan fingerprint density at radius 1 is 0.538 bits per heavy atom. The first-order valence-corrected chi connectivity index (χ1v) is 22.4. The smallest absolute Gasteiger partial charge is 0.343 e. The molecule has 10 nitrogen and oxygen atoms in total. The van der Waals surface area contributed by atoms with Crippen LogP contribution in [0.2, 0.25) is 0 Å². The van der Waals surface area contributed by atoms with Gasteiger partial charge in [0.15, 0.2) is 0 Å². The van der Waals surface area contributed by atoms with Crippen molar-refractivity contribution in [1.82, 2.24) is 9.13 Å². The highest BCUT2D eigenvalue weighted by atomic mass is 127. The van der Waals surface area contributed by atoms with E-state index in [0.717, 1.165) is 42.6 Å². The lowest BCUT2D eigenvalue weighted by Crippen LogP contribution is -2.20. The molecule has 2 aromatic heterocycles. The Hall–Kier alpha value is -7.25. The summed E-state index contributed by atoms with van der Waals surface area (Å²) in [5.41, 5.74) is 7.00. The van der Waals surface area contributed by atoms with Crippen molar-refractivity contribution in [2.45, 2.75) is 40.8 Å². The first kappa shape index (κ1) is 47.2. The lowest BCUT2D eigenvalue weighted by Gasteiger charge is -2.12. The summed E-state index contributed by atoms with van der Waals surface area (Å²) >= 11 is 2.15. The summed E-state index contributed by atoms with van der Waals surface area (Å²) < 4.78 is 14.8. The van der Waals surface area contributed by atoms with Gasteiger partial charge in [0.2, 0.25) is 10.9 Å². The highest BCUT2D eigenvalue weighted by Gasteiger charge is 2.18.